The van der Waals surface area contributed by atoms with E-state index in [0.29, 0.717) is 11.3 Å². The van der Waals surface area contributed by atoms with E-state index in [0.717, 1.165) is 15.2 Å². The lowest BCUT2D eigenvalue weighted by atomic mass is 10.2. The number of fused-ring (bicyclic) bond motifs is 1. The fourth-order valence-corrected chi connectivity index (χ4v) is 3.17. The summed E-state index contributed by atoms with van der Waals surface area (Å²) in [6, 6.07) is 13.8. The Bertz CT molecular complexity index is 890. The van der Waals surface area contributed by atoms with Gasteiger partial charge in [0.05, 0.1) is 15.2 Å². The number of amides is 2. The van der Waals surface area contributed by atoms with E-state index in [4.69, 9.17) is 0 Å². The van der Waals surface area contributed by atoms with Crippen molar-refractivity contribution in [3.8, 4) is 0 Å². The zero-order valence-corrected chi connectivity index (χ0v) is 14.2. The molecule has 1 heterocycles. The molecule has 0 spiro atoms. The highest BCUT2D eigenvalue weighted by atomic mass is 32.1. The minimum absolute atomic E-state index is 0.264. The molecule has 5 nitrogen and oxygen atoms in total. The summed E-state index contributed by atoms with van der Waals surface area (Å²) in [6.07, 6.45) is 0. The van der Waals surface area contributed by atoms with E-state index < -0.39 is 6.04 Å². The van der Waals surface area contributed by atoms with E-state index in [-0.39, 0.29) is 11.8 Å². The van der Waals surface area contributed by atoms with Gasteiger partial charge in [-0.25, -0.2) is 4.98 Å². The second-order valence-electron chi connectivity index (χ2n) is 5.47. The van der Waals surface area contributed by atoms with Gasteiger partial charge in [-0.05, 0) is 44.2 Å². The van der Waals surface area contributed by atoms with E-state index in [9.17, 15) is 9.59 Å². The van der Waals surface area contributed by atoms with E-state index in [1.54, 1.807) is 42.5 Å². The number of carbonyl (C=O) groups excluding carboxylic acids is 2. The van der Waals surface area contributed by atoms with Crippen molar-refractivity contribution in [3.63, 3.8) is 0 Å². The number of benzene rings is 2. The first-order valence-electron chi connectivity index (χ1n) is 7.57. The number of hydrogen-bond donors (Lipinski definition) is 2. The first-order chi connectivity index (χ1) is 11.5. The topological polar surface area (TPSA) is 71.1 Å². The molecular formula is C18H17N3O2S. The van der Waals surface area contributed by atoms with Crippen molar-refractivity contribution in [3.05, 3.63) is 59.1 Å². The predicted octanol–water partition coefficient (Wildman–Crippen LogP) is 3.36. The predicted molar refractivity (Wildman–Crippen MR) is 96.4 cm³/mol. The van der Waals surface area contributed by atoms with Crippen molar-refractivity contribution in [2.75, 3.05) is 5.32 Å². The summed E-state index contributed by atoms with van der Waals surface area (Å²) in [6.45, 7) is 3.61. The molecule has 3 rings (SSSR count). The summed E-state index contributed by atoms with van der Waals surface area (Å²) in [7, 11) is 0. The monoisotopic (exact) mass is 339 g/mol. The normalized spacial score (nSPS) is 11.9. The summed E-state index contributed by atoms with van der Waals surface area (Å²) in [4.78, 5) is 28.8. The summed E-state index contributed by atoms with van der Waals surface area (Å²) >= 11 is 1.58. The van der Waals surface area contributed by atoms with Crippen molar-refractivity contribution in [2.24, 2.45) is 0 Å². The van der Waals surface area contributed by atoms with Gasteiger partial charge in [0.2, 0.25) is 5.91 Å². The van der Waals surface area contributed by atoms with Crippen LogP contribution in [0.5, 0.6) is 0 Å². The van der Waals surface area contributed by atoms with Gasteiger partial charge in [-0.2, -0.15) is 0 Å². The molecule has 1 aromatic heterocycles. The van der Waals surface area contributed by atoms with Gasteiger partial charge in [0, 0.05) is 11.3 Å². The summed E-state index contributed by atoms with van der Waals surface area (Å²) in [5, 5.41) is 6.51. The smallest absolute Gasteiger partial charge is 0.251 e. The fourth-order valence-electron chi connectivity index (χ4n) is 2.30. The number of rotatable bonds is 4. The number of nitrogens with zero attached hydrogens (tertiary/aromatic N) is 1. The van der Waals surface area contributed by atoms with Crippen LogP contribution in [0.15, 0.2) is 48.5 Å². The maximum atomic E-state index is 12.3. The maximum absolute atomic E-state index is 12.3. The third-order valence-corrected chi connectivity index (χ3v) is 4.47. The minimum atomic E-state index is -0.642. The lowest BCUT2D eigenvalue weighted by Gasteiger charge is -2.14. The maximum Gasteiger partial charge on any atom is 0.251 e. The van der Waals surface area contributed by atoms with E-state index in [2.05, 4.69) is 15.6 Å². The lowest BCUT2D eigenvalue weighted by Crippen LogP contribution is -2.41. The molecule has 0 unspecified atom stereocenters. The van der Waals surface area contributed by atoms with Gasteiger partial charge in [0.1, 0.15) is 6.04 Å². The Balaban J connectivity index is 1.65. The number of nitrogens with one attached hydrogen (secondary N) is 2. The molecule has 0 fully saturated rings. The molecule has 0 aliphatic rings. The Hall–Kier alpha value is -2.73. The number of hydrogen-bond acceptors (Lipinski definition) is 4. The van der Waals surface area contributed by atoms with Gasteiger partial charge in [-0.15, -0.1) is 11.3 Å². The molecule has 3 aromatic rings. The first kappa shape index (κ1) is 16.1. The van der Waals surface area contributed by atoms with Gasteiger partial charge in [0.15, 0.2) is 0 Å². The van der Waals surface area contributed by atoms with Crippen molar-refractivity contribution in [2.45, 2.75) is 19.9 Å². The molecule has 0 radical (unpaired) electrons. The molecule has 1 atom stereocenters. The van der Waals surface area contributed by atoms with Gasteiger partial charge < -0.3 is 10.6 Å². The van der Waals surface area contributed by atoms with Crippen LogP contribution in [0.2, 0.25) is 0 Å². The highest BCUT2D eigenvalue weighted by Crippen LogP contribution is 2.24. The minimum Gasteiger partial charge on any atom is -0.341 e. The highest BCUT2D eigenvalue weighted by molar-refractivity contribution is 7.18. The van der Waals surface area contributed by atoms with Gasteiger partial charge >= 0.3 is 0 Å². The van der Waals surface area contributed by atoms with Crippen LogP contribution in [0.25, 0.3) is 10.2 Å². The van der Waals surface area contributed by atoms with Crippen LogP contribution in [0.3, 0.4) is 0 Å². The van der Waals surface area contributed by atoms with Gasteiger partial charge in [0.25, 0.3) is 5.91 Å². The summed E-state index contributed by atoms with van der Waals surface area (Å²) in [5.74, 6) is -0.536. The SMILES string of the molecule is Cc1nc2ccc(NC(=O)[C@H](C)NC(=O)c3ccccc3)cc2s1. The number of thiazole rings is 1. The van der Waals surface area contributed by atoms with Crippen LogP contribution in [-0.2, 0) is 4.79 Å². The summed E-state index contributed by atoms with van der Waals surface area (Å²) in [5.41, 5.74) is 2.14. The standard InChI is InChI=1S/C18H17N3O2S/c1-11(19-18(23)13-6-4-3-5-7-13)17(22)21-14-8-9-15-16(10-14)24-12(2)20-15/h3-11H,1-2H3,(H,19,23)(H,21,22)/t11-/m0/s1. The molecule has 2 aromatic carbocycles. The fraction of sp³-hybridized carbons (Fsp3) is 0.167. The zero-order chi connectivity index (χ0) is 17.1. The molecular weight excluding hydrogens is 322 g/mol. The van der Waals surface area contributed by atoms with E-state index in [1.807, 2.05) is 31.2 Å². The van der Waals surface area contributed by atoms with Crippen molar-refractivity contribution in [1.29, 1.82) is 0 Å². The van der Waals surface area contributed by atoms with Crippen LogP contribution in [0.1, 0.15) is 22.3 Å². The van der Waals surface area contributed by atoms with Crippen molar-refractivity contribution in [1.82, 2.24) is 10.3 Å². The molecule has 24 heavy (non-hydrogen) atoms. The van der Waals surface area contributed by atoms with Crippen LogP contribution in [0, 0.1) is 6.92 Å². The van der Waals surface area contributed by atoms with Crippen LogP contribution in [-0.4, -0.2) is 22.8 Å². The van der Waals surface area contributed by atoms with E-state index >= 15 is 0 Å². The van der Waals surface area contributed by atoms with E-state index in [1.165, 1.54) is 0 Å². The third-order valence-electron chi connectivity index (χ3n) is 3.54. The molecule has 2 N–H and O–H groups in total. The Labute approximate surface area is 143 Å². The zero-order valence-electron chi connectivity index (χ0n) is 13.4. The average molecular weight is 339 g/mol. The number of anilines is 1. The second kappa shape index (κ2) is 6.80. The Morgan fingerprint density at radius 1 is 1.12 bits per heavy atom. The largest absolute Gasteiger partial charge is 0.341 e. The number of aromatic nitrogens is 1. The quantitative estimate of drug-likeness (QED) is 0.765. The van der Waals surface area contributed by atoms with Crippen LogP contribution in [0.4, 0.5) is 5.69 Å². The lowest BCUT2D eigenvalue weighted by molar-refractivity contribution is -0.117. The first-order valence-corrected chi connectivity index (χ1v) is 8.38. The Morgan fingerprint density at radius 3 is 2.62 bits per heavy atom. The number of aryl methyl sites for hydroxylation is 1. The van der Waals surface area contributed by atoms with Crippen LogP contribution < -0.4 is 10.6 Å². The molecule has 122 valence electrons. The van der Waals surface area contributed by atoms with Crippen LogP contribution >= 0.6 is 11.3 Å². The van der Waals surface area contributed by atoms with Crippen molar-refractivity contribution >= 4 is 39.1 Å². The molecule has 2 amide bonds. The Morgan fingerprint density at radius 2 is 1.88 bits per heavy atom. The van der Waals surface area contributed by atoms with Crippen molar-refractivity contribution < 1.29 is 9.59 Å². The molecule has 0 saturated carbocycles. The summed E-state index contributed by atoms with van der Waals surface area (Å²) < 4.78 is 1.02. The van der Waals surface area contributed by atoms with Gasteiger partial charge in [-0.1, -0.05) is 18.2 Å². The third kappa shape index (κ3) is 3.60. The molecule has 0 saturated heterocycles. The molecule has 0 aliphatic carbocycles. The second-order valence-corrected chi connectivity index (χ2v) is 6.70. The molecule has 0 aliphatic heterocycles. The Kier molecular flexibility index (Phi) is 4.57. The highest BCUT2D eigenvalue weighted by Gasteiger charge is 2.17. The molecule has 0 bridgehead atoms. The number of carbonyl (C=O) groups is 2. The molecule has 6 heteroatoms. The average Bonchev–Trinajstić information content (AvgIpc) is 2.94. The van der Waals surface area contributed by atoms with Gasteiger partial charge in [-0.3, -0.25) is 9.59 Å².